The highest BCUT2D eigenvalue weighted by Gasteiger charge is 2.32. The van der Waals surface area contributed by atoms with Gasteiger partial charge in [-0.3, -0.25) is 0 Å². The van der Waals surface area contributed by atoms with Crippen molar-refractivity contribution in [1.29, 1.82) is 0 Å². The number of hydrogen-bond donors (Lipinski definition) is 4. The maximum atomic E-state index is 11.2. The monoisotopic (exact) mass is 600 g/mol. The molecule has 0 aliphatic heterocycles. The van der Waals surface area contributed by atoms with Crippen molar-refractivity contribution in [3.8, 4) is 11.5 Å². The standard InChI is InChI=1S/C37H60O6/c1-9-34(38,10-2)28-22-29(35(39,11-3)12-4)25-32(24-28)42-20-18-17-19-21-43-33-26-30(36(40,13-5)14-6)23-31(27-33)37(41,15-7)16-8/h22-27,38-41H,9-21H2,1-8H3. The van der Waals surface area contributed by atoms with Gasteiger partial charge in [-0.05, 0) is 129 Å². The van der Waals surface area contributed by atoms with E-state index in [4.69, 9.17) is 9.47 Å². The molecule has 6 heteroatoms. The number of aliphatic hydroxyl groups is 4. The van der Waals surface area contributed by atoms with Crippen molar-refractivity contribution >= 4 is 0 Å². The number of ether oxygens (including phenoxy) is 2. The normalized spacial score (nSPS) is 12.9. The zero-order chi connectivity index (χ0) is 32.3. The minimum atomic E-state index is -0.959. The topological polar surface area (TPSA) is 99.4 Å². The third-order valence-electron chi connectivity index (χ3n) is 9.97. The maximum Gasteiger partial charge on any atom is 0.120 e. The van der Waals surface area contributed by atoms with Crippen LogP contribution in [0.3, 0.4) is 0 Å². The van der Waals surface area contributed by atoms with E-state index in [0.29, 0.717) is 76.1 Å². The Labute approximate surface area is 261 Å². The van der Waals surface area contributed by atoms with E-state index < -0.39 is 22.4 Å². The van der Waals surface area contributed by atoms with E-state index >= 15 is 0 Å². The summed E-state index contributed by atoms with van der Waals surface area (Å²) in [5, 5.41) is 44.9. The van der Waals surface area contributed by atoms with Gasteiger partial charge >= 0.3 is 0 Å². The Morgan fingerprint density at radius 1 is 0.395 bits per heavy atom. The number of rotatable bonds is 20. The van der Waals surface area contributed by atoms with Crippen LogP contribution in [0.25, 0.3) is 0 Å². The lowest BCUT2D eigenvalue weighted by Crippen LogP contribution is -2.27. The molecule has 0 amide bonds. The van der Waals surface area contributed by atoms with Crippen molar-refractivity contribution in [2.24, 2.45) is 0 Å². The lowest BCUT2D eigenvalue weighted by Gasteiger charge is -2.31. The molecule has 0 fully saturated rings. The first-order valence-electron chi connectivity index (χ1n) is 16.8. The average molecular weight is 601 g/mol. The minimum Gasteiger partial charge on any atom is -0.494 e. The number of hydrogen-bond acceptors (Lipinski definition) is 6. The van der Waals surface area contributed by atoms with Gasteiger partial charge in [0, 0.05) is 0 Å². The summed E-state index contributed by atoms with van der Waals surface area (Å²) in [5.41, 5.74) is -0.684. The molecule has 0 aliphatic rings. The summed E-state index contributed by atoms with van der Waals surface area (Å²) in [7, 11) is 0. The Morgan fingerprint density at radius 3 is 0.837 bits per heavy atom. The van der Waals surface area contributed by atoms with Crippen LogP contribution in [-0.4, -0.2) is 33.6 Å². The Kier molecular flexibility index (Phi) is 14.0. The van der Waals surface area contributed by atoms with Crippen LogP contribution in [0, 0.1) is 0 Å². The predicted molar refractivity (Wildman–Crippen MR) is 176 cm³/mol. The lowest BCUT2D eigenvalue weighted by molar-refractivity contribution is 0.0206. The van der Waals surface area contributed by atoms with Crippen LogP contribution in [0.4, 0.5) is 0 Å². The van der Waals surface area contributed by atoms with Crippen molar-refractivity contribution < 1.29 is 29.9 Å². The van der Waals surface area contributed by atoms with Crippen LogP contribution in [0.1, 0.15) is 148 Å². The predicted octanol–water partition coefficient (Wildman–Crippen LogP) is 8.35. The second kappa shape index (κ2) is 16.3. The summed E-state index contributed by atoms with van der Waals surface area (Å²) < 4.78 is 12.3. The molecule has 2 aromatic carbocycles. The fraction of sp³-hybridized carbons (Fsp3) is 0.676. The molecule has 0 atom stereocenters. The van der Waals surface area contributed by atoms with Crippen molar-refractivity contribution in [3.63, 3.8) is 0 Å². The summed E-state index contributed by atoms with van der Waals surface area (Å²) in [4.78, 5) is 0. The van der Waals surface area contributed by atoms with Crippen molar-refractivity contribution in [1.82, 2.24) is 0 Å². The van der Waals surface area contributed by atoms with Crippen LogP contribution in [0.15, 0.2) is 36.4 Å². The summed E-state index contributed by atoms with van der Waals surface area (Å²) in [6, 6.07) is 11.5. The lowest BCUT2D eigenvalue weighted by atomic mass is 9.82. The molecule has 0 radical (unpaired) electrons. The molecule has 43 heavy (non-hydrogen) atoms. The van der Waals surface area contributed by atoms with Crippen LogP contribution in [-0.2, 0) is 22.4 Å². The SMILES string of the molecule is CCC(O)(CC)c1cc(OCCCCCOc2cc(C(O)(CC)CC)cc(C(O)(CC)CC)c2)cc(C(O)(CC)CC)c1. The van der Waals surface area contributed by atoms with Gasteiger partial charge < -0.3 is 29.9 Å². The van der Waals surface area contributed by atoms with Gasteiger partial charge in [0.25, 0.3) is 0 Å². The first-order valence-corrected chi connectivity index (χ1v) is 16.8. The molecule has 0 heterocycles. The van der Waals surface area contributed by atoms with E-state index in [2.05, 4.69) is 0 Å². The largest absolute Gasteiger partial charge is 0.494 e. The fourth-order valence-electron chi connectivity index (χ4n) is 5.83. The van der Waals surface area contributed by atoms with E-state index in [1.807, 2.05) is 91.8 Å². The second-order valence-corrected chi connectivity index (χ2v) is 12.2. The molecule has 0 saturated heterocycles. The second-order valence-electron chi connectivity index (χ2n) is 12.2. The van der Waals surface area contributed by atoms with Crippen molar-refractivity contribution in [3.05, 3.63) is 58.7 Å². The Morgan fingerprint density at radius 2 is 0.628 bits per heavy atom. The van der Waals surface area contributed by atoms with E-state index in [9.17, 15) is 20.4 Å². The minimum absolute atomic E-state index is 0.524. The average Bonchev–Trinajstić information content (AvgIpc) is 3.05. The molecule has 0 unspecified atom stereocenters. The van der Waals surface area contributed by atoms with Gasteiger partial charge in [0.05, 0.1) is 35.6 Å². The van der Waals surface area contributed by atoms with Crippen LogP contribution in [0.5, 0.6) is 11.5 Å². The maximum absolute atomic E-state index is 11.2. The zero-order valence-corrected chi connectivity index (χ0v) is 28.3. The van der Waals surface area contributed by atoms with Gasteiger partial charge in [0.1, 0.15) is 11.5 Å². The third kappa shape index (κ3) is 8.97. The molecule has 0 bridgehead atoms. The Balaban J connectivity index is 2.07. The van der Waals surface area contributed by atoms with Crippen LogP contribution < -0.4 is 9.47 Å². The van der Waals surface area contributed by atoms with E-state index in [1.165, 1.54) is 0 Å². The summed E-state index contributed by atoms with van der Waals surface area (Å²) >= 11 is 0. The van der Waals surface area contributed by atoms with Crippen molar-refractivity contribution in [2.75, 3.05) is 13.2 Å². The molecule has 4 N–H and O–H groups in total. The molecule has 0 aliphatic carbocycles. The van der Waals surface area contributed by atoms with Gasteiger partial charge in [-0.1, -0.05) is 55.4 Å². The Hall–Kier alpha value is -2.12. The van der Waals surface area contributed by atoms with Gasteiger partial charge in [0.15, 0.2) is 0 Å². The van der Waals surface area contributed by atoms with Gasteiger partial charge in [-0.25, -0.2) is 0 Å². The third-order valence-corrected chi connectivity index (χ3v) is 9.97. The van der Waals surface area contributed by atoms with E-state index in [1.54, 1.807) is 0 Å². The highest BCUT2D eigenvalue weighted by Crippen LogP contribution is 2.39. The van der Waals surface area contributed by atoms with Crippen LogP contribution in [0.2, 0.25) is 0 Å². The fourth-order valence-corrected chi connectivity index (χ4v) is 5.83. The molecule has 0 aromatic heterocycles. The molecule has 2 aromatic rings. The first-order chi connectivity index (χ1) is 20.4. The summed E-state index contributed by atoms with van der Waals surface area (Å²) in [5.74, 6) is 1.35. The molecule has 244 valence electrons. The highest BCUT2D eigenvalue weighted by atomic mass is 16.5. The summed E-state index contributed by atoms with van der Waals surface area (Å²) in [6.45, 7) is 16.9. The van der Waals surface area contributed by atoms with Gasteiger partial charge in [-0.15, -0.1) is 0 Å². The van der Waals surface area contributed by atoms with E-state index in [0.717, 1.165) is 41.5 Å². The molecule has 2 rings (SSSR count). The Bertz CT molecular complexity index is 950. The van der Waals surface area contributed by atoms with E-state index in [-0.39, 0.29) is 0 Å². The molecular weight excluding hydrogens is 540 g/mol. The molecule has 6 nitrogen and oxygen atoms in total. The molecular formula is C37H60O6. The number of benzene rings is 2. The number of unbranched alkanes of at least 4 members (excludes halogenated alkanes) is 2. The molecule has 0 spiro atoms. The zero-order valence-electron chi connectivity index (χ0n) is 28.3. The highest BCUT2D eigenvalue weighted by molar-refractivity contribution is 5.41. The molecule has 0 saturated carbocycles. The smallest absolute Gasteiger partial charge is 0.120 e. The van der Waals surface area contributed by atoms with Gasteiger partial charge in [-0.2, -0.15) is 0 Å². The van der Waals surface area contributed by atoms with Crippen LogP contribution >= 0.6 is 0 Å². The quantitative estimate of drug-likeness (QED) is 0.114. The van der Waals surface area contributed by atoms with Gasteiger partial charge in [0.2, 0.25) is 0 Å². The van der Waals surface area contributed by atoms with Crippen molar-refractivity contribution in [2.45, 2.75) is 148 Å². The first kappa shape index (κ1) is 37.1. The summed E-state index contributed by atoms with van der Waals surface area (Å²) in [6.07, 6.45) is 7.24.